The fraction of sp³-hybridized carbons (Fsp3) is 0.0833. The van der Waals surface area contributed by atoms with Gasteiger partial charge in [-0.2, -0.15) is 0 Å². The highest BCUT2D eigenvalue weighted by Gasteiger charge is 2.42. The van der Waals surface area contributed by atoms with Crippen LogP contribution in [0.4, 0.5) is 11.4 Å². The summed E-state index contributed by atoms with van der Waals surface area (Å²) in [7, 11) is 0. The summed E-state index contributed by atoms with van der Waals surface area (Å²) >= 11 is 7.24. The van der Waals surface area contributed by atoms with Crippen LogP contribution in [-0.4, -0.2) is 15.0 Å². The first-order valence-electron chi connectivity index (χ1n) is 10.2. The standard InChI is InChI=1S/C24H18N4O3S2/c29-28(30)17-8-12-19(13-9-17)33-18-10-6-16(7-11-18)27-23(21-5-3-15-31-21)22(26-24(27)32)20-4-1-2-14-25-20/h1-15,22-23H,(H,26,32). The number of nitro groups is 1. The van der Waals surface area contributed by atoms with E-state index in [1.54, 1.807) is 24.6 Å². The molecule has 0 spiro atoms. The van der Waals surface area contributed by atoms with Crippen molar-refractivity contribution in [3.05, 3.63) is 113 Å². The molecule has 0 amide bonds. The molecule has 1 aliphatic heterocycles. The SMILES string of the molecule is O=[N+]([O-])c1ccc(Sc2ccc(N3C(=S)NC(c4ccccn4)C3c3ccco3)cc2)cc1. The summed E-state index contributed by atoms with van der Waals surface area (Å²) < 4.78 is 5.78. The third kappa shape index (κ3) is 4.33. The molecule has 2 aromatic carbocycles. The molecule has 2 unspecified atom stereocenters. The molecule has 3 heterocycles. The Morgan fingerprint density at radius 2 is 1.73 bits per heavy atom. The van der Waals surface area contributed by atoms with E-state index < -0.39 is 4.92 Å². The average molecular weight is 475 g/mol. The lowest BCUT2D eigenvalue weighted by Gasteiger charge is -2.26. The summed E-state index contributed by atoms with van der Waals surface area (Å²) in [5.74, 6) is 0.794. The number of furan rings is 1. The van der Waals surface area contributed by atoms with E-state index in [0.29, 0.717) is 5.11 Å². The molecule has 7 nitrogen and oxygen atoms in total. The molecule has 5 rings (SSSR count). The van der Waals surface area contributed by atoms with Gasteiger partial charge in [-0.15, -0.1) is 0 Å². The molecule has 164 valence electrons. The van der Waals surface area contributed by atoms with Crippen molar-refractivity contribution in [1.29, 1.82) is 0 Å². The van der Waals surface area contributed by atoms with E-state index in [1.807, 2.05) is 59.5 Å². The minimum absolute atomic E-state index is 0.0798. The van der Waals surface area contributed by atoms with Crippen LogP contribution in [0.15, 0.2) is 106 Å². The molecular weight excluding hydrogens is 456 g/mol. The molecule has 4 aromatic rings. The first kappa shape index (κ1) is 21.2. The molecule has 1 aliphatic rings. The number of anilines is 1. The molecule has 1 saturated heterocycles. The van der Waals surface area contributed by atoms with Gasteiger partial charge in [0.05, 0.1) is 22.9 Å². The number of rotatable bonds is 6. The van der Waals surface area contributed by atoms with Gasteiger partial charge >= 0.3 is 0 Å². The molecule has 2 aromatic heterocycles. The van der Waals surface area contributed by atoms with E-state index in [2.05, 4.69) is 10.3 Å². The van der Waals surface area contributed by atoms with E-state index in [0.717, 1.165) is 26.9 Å². The fourth-order valence-electron chi connectivity index (χ4n) is 3.83. The van der Waals surface area contributed by atoms with Crippen molar-refractivity contribution in [1.82, 2.24) is 10.3 Å². The fourth-order valence-corrected chi connectivity index (χ4v) is 4.99. The van der Waals surface area contributed by atoms with Gasteiger partial charge in [0.1, 0.15) is 11.8 Å². The third-order valence-corrected chi connectivity index (χ3v) is 6.66. The van der Waals surface area contributed by atoms with Crippen molar-refractivity contribution in [3.63, 3.8) is 0 Å². The van der Waals surface area contributed by atoms with E-state index in [9.17, 15) is 10.1 Å². The molecule has 9 heteroatoms. The molecule has 0 saturated carbocycles. The lowest BCUT2D eigenvalue weighted by Crippen LogP contribution is -2.29. The topological polar surface area (TPSA) is 84.4 Å². The first-order valence-corrected chi connectivity index (χ1v) is 11.4. The summed E-state index contributed by atoms with van der Waals surface area (Å²) in [6, 6.07) is 23.9. The lowest BCUT2D eigenvalue weighted by atomic mass is 10.0. The maximum absolute atomic E-state index is 10.9. The van der Waals surface area contributed by atoms with E-state index in [-0.39, 0.29) is 17.8 Å². The summed E-state index contributed by atoms with van der Waals surface area (Å²) in [6.07, 6.45) is 3.43. The predicted molar refractivity (Wildman–Crippen MR) is 130 cm³/mol. The number of pyridine rings is 1. The van der Waals surface area contributed by atoms with Crippen LogP contribution in [0, 0.1) is 10.1 Å². The van der Waals surface area contributed by atoms with Crippen LogP contribution in [0.5, 0.6) is 0 Å². The molecule has 0 bridgehead atoms. The van der Waals surface area contributed by atoms with Crippen LogP contribution in [0.1, 0.15) is 23.5 Å². The Morgan fingerprint density at radius 1 is 1.00 bits per heavy atom. The zero-order chi connectivity index (χ0) is 22.8. The van der Waals surface area contributed by atoms with Crippen molar-refractivity contribution < 1.29 is 9.34 Å². The molecule has 0 radical (unpaired) electrons. The van der Waals surface area contributed by atoms with Crippen LogP contribution in [0.25, 0.3) is 0 Å². The highest BCUT2D eigenvalue weighted by molar-refractivity contribution is 7.99. The van der Waals surface area contributed by atoms with E-state index in [4.69, 9.17) is 16.6 Å². The molecule has 2 atom stereocenters. The largest absolute Gasteiger partial charge is 0.467 e. The van der Waals surface area contributed by atoms with Crippen molar-refractivity contribution >= 4 is 40.5 Å². The Bertz CT molecular complexity index is 1260. The number of hydrogen-bond donors (Lipinski definition) is 1. The van der Waals surface area contributed by atoms with Gasteiger partial charge < -0.3 is 14.6 Å². The average Bonchev–Trinajstić information content (AvgIpc) is 3.48. The zero-order valence-electron chi connectivity index (χ0n) is 17.2. The number of aromatic nitrogens is 1. The number of nitrogens with one attached hydrogen (secondary N) is 1. The minimum atomic E-state index is -0.399. The number of benzene rings is 2. The van der Waals surface area contributed by atoms with Crippen LogP contribution in [-0.2, 0) is 0 Å². The second-order valence-electron chi connectivity index (χ2n) is 7.36. The summed E-state index contributed by atoms with van der Waals surface area (Å²) in [5.41, 5.74) is 1.89. The van der Waals surface area contributed by atoms with Gasteiger partial charge in [-0.1, -0.05) is 17.8 Å². The van der Waals surface area contributed by atoms with E-state index >= 15 is 0 Å². The minimum Gasteiger partial charge on any atom is -0.467 e. The van der Waals surface area contributed by atoms with Crippen molar-refractivity contribution in [2.75, 3.05) is 4.90 Å². The Morgan fingerprint density at radius 3 is 2.33 bits per heavy atom. The van der Waals surface area contributed by atoms with Crippen molar-refractivity contribution in [2.24, 2.45) is 0 Å². The van der Waals surface area contributed by atoms with Gasteiger partial charge in [0.15, 0.2) is 5.11 Å². The highest BCUT2D eigenvalue weighted by atomic mass is 32.2. The molecule has 1 fully saturated rings. The van der Waals surface area contributed by atoms with Gasteiger partial charge in [-0.3, -0.25) is 15.1 Å². The van der Waals surface area contributed by atoms with Gasteiger partial charge in [0.25, 0.3) is 5.69 Å². The maximum atomic E-state index is 10.9. The van der Waals surface area contributed by atoms with Crippen LogP contribution >= 0.6 is 24.0 Å². The highest BCUT2D eigenvalue weighted by Crippen LogP contribution is 2.42. The van der Waals surface area contributed by atoms with Gasteiger partial charge in [-0.05, 0) is 72.9 Å². The number of thiocarbonyl (C=S) groups is 1. The number of nitrogens with zero attached hydrogens (tertiary/aromatic N) is 3. The van der Waals surface area contributed by atoms with Gasteiger partial charge in [0.2, 0.25) is 0 Å². The quantitative estimate of drug-likeness (QED) is 0.210. The smallest absolute Gasteiger partial charge is 0.269 e. The Balaban J connectivity index is 1.41. The van der Waals surface area contributed by atoms with Crippen LogP contribution in [0.3, 0.4) is 0 Å². The van der Waals surface area contributed by atoms with Gasteiger partial charge in [-0.25, -0.2) is 0 Å². The summed E-state index contributed by atoms with van der Waals surface area (Å²) in [5, 5.41) is 14.9. The molecule has 0 aliphatic carbocycles. The lowest BCUT2D eigenvalue weighted by molar-refractivity contribution is -0.384. The Hall–Kier alpha value is -3.69. The number of hydrogen-bond acceptors (Lipinski definition) is 6. The molecular formula is C24H18N4O3S2. The molecule has 33 heavy (non-hydrogen) atoms. The normalized spacial score (nSPS) is 17.7. The Kier molecular flexibility index (Phi) is 5.80. The zero-order valence-corrected chi connectivity index (χ0v) is 18.8. The van der Waals surface area contributed by atoms with Crippen LogP contribution in [0.2, 0.25) is 0 Å². The predicted octanol–water partition coefficient (Wildman–Crippen LogP) is 5.91. The van der Waals surface area contributed by atoms with Crippen molar-refractivity contribution in [3.8, 4) is 0 Å². The maximum Gasteiger partial charge on any atom is 0.269 e. The summed E-state index contributed by atoms with van der Waals surface area (Å²) in [4.78, 5) is 19.0. The number of non-ortho nitro benzene ring substituents is 1. The second-order valence-corrected chi connectivity index (χ2v) is 8.89. The van der Waals surface area contributed by atoms with Crippen molar-refractivity contribution in [2.45, 2.75) is 21.9 Å². The van der Waals surface area contributed by atoms with Gasteiger partial charge in [0, 0.05) is 33.8 Å². The van der Waals surface area contributed by atoms with Crippen LogP contribution < -0.4 is 10.2 Å². The number of nitro benzene ring substituents is 1. The molecule has 1 N–H and O–H groups in total. The monoisotopic (exact) mass is 474 g/mol. The second kappa shape index (κ2) is 9.05. The summed E-state index contributed by atoms with van der Waals surface area (Å²) in [6.45, 7) is 0. The van der Waals surface area contributed by atoms with E-state index in [1.165, 1.54) is 23.9 Å². The Labute approximate surface area is 199 Å². The third-order valence-electron chi connectivity index (χ3n) is 5.33. The first-order chi connectivity index (χ1) is 16.1.